The molecule has 2 aliphatic rings. The van der Waals surface area contributed by atoms with Crippen molar-refractivity contribution < 1.29 is 9.59 Å². The summed E-state index contributed by atoms with van der Waals surface area (Å²) in [5.74, 6) is -0.0704. The Kier molecular flexibility index (Phi) is 4.13. The minimum Gasteiger partial charge on any atom is -0.336 e. The number of carbonyl (C=O) groups excluding carboxylic acids is 2. The van der Waals surface area contributed by atoms with Crippen molar-refractivity contribution >= 4 is 11.9 Å². The zero-order chi connectivity index (χ0) is 17.2. The molecule has 25 heavy (non-hydrogen) atoms. The van der Waals surface area contributed by atoms with Crippen molar-refractivity contribution in [1.82, 2.24) is 24.9 Å². The number of piperidine rings is 1. The van der Waals surface area contributed by atoms with Crippen molar-refractivity contribution in [1.29, 1.82) is 0 Å². The van der Waals surface area contributed by atoms with E-state index in [0.29, 0.717) is 31.9 Å². The van der Waals surface area contributed by atoms with E-state index in [9.17, 15) is 9.59 Å². The van der Waals surface area contributed by atoms with Crippen LogP contribution in [0, 0.1) is 0 Å². The summed E-state index contributed by atoms with van der Waals surface area (Å²) in [4.78, 5) is 28.4. The number of rotatable bonds is 3. The first-order valence-electron chi connectivity index (χ1n) is 8.67. The Morgan fingerprint density at radius 3 is 2.76 bits per heavy atom. The summed E-state index contributed by atoms with van der Waals surface area (Å²) in [7, 11) is 0. The van der Waals surface area contributed by atoms with E-state index >= 15 is 0 Å². The van der Waals surface area contributed by atoms with Crippen LogP contribution in [-0.4, -0.2) is 63.7 Å². The van der Waals surface area contributed by atoms with Crippen LogP contribution < -0.4 is 5.32 Å². The standard InChI is InChI=1S/C18H21N5O2/c24-17(16-8-11-23(20-16)14-5-2-1-3-6-14)21-10-4-7-15(13-21)22-12-9-19-18(22)25/h1-3,5-6,8,11,15H,4,7,9-10,12-13H2,(H,19,25). The minimum atomic E-state index is -0.0704. The Hall–Kier alpha value is -2.83. The van der Waals surface area contributed by atoms with Gasteiger partial charge in [0.2, 0.25) is 0 Å². The van der Waals surface area contributed by atoms with Crippen LogP contribution in [0.1, 0.15) is 23.3 Å². The van der Waals surface area contributed by atoms with Crippen LogP contribution in [0.4, 0.5) is 4.79 Å². The number of para-hydroxylation sites is 1. The lowest BCUT2D eigenvalue weighted by Crippen LogP contribution is -2.50. The van der Waals surface area contributed by atoms with Crippen molar-refractivity contribution in [2.45, 2.75) is 18.9 Å². The van der Waals surface area contributed by atoms with E-state index in [1.165, 1.54) is 0 Å². The maximum atomic E-state index is 12.8. The normalized spacial score (nSPS) is 20.6. The monoisotopic (exact) mass is 339 g/mol. The second-order valence-corrected chi connectivity index (χ2v) is 6.45. The molecule has 0 aliphatic carbocycles. The number of aromatic nitrogens is 2. The third-order valence-electron chi connectivity index (χ3n) is 4.84. The Morgan fingerprint density at radius 2 is 2.00 bits per heavy atom. The predicted molar refractivity (Wildman–Crippen MR) is 92.6 cm³/mol. The molecule has 1 atom stereocenters. The molecule has 130 valence electrons. The number of likely N-dealkylation sites (tertiary alicyclic amines) is 1. The molecule has 1 N–H and O–H groups in total. The number of nitrogens with zero attached hydrogens (tertiary/aromatic N) is 4. The lowest BCUT2D eigenvalue weighted by Gasteiger charge is -2.36. The molecule has 1 unspecified atom stereocenters. The van der Waals surface area contributed by atoms with Crippen molar-refractivity contribution in [2.75, 3.05) is 26.2 Å². The second-order valence-electron chi connectivity index (χ2n) is 6.45. The summed E-state index contributed by atoms with van der Waals surface area (Å²) in [6.45, 7) is 2.69. The lowest BCUT2D eigenvalue weighted by molar-refractivity contribution is 0.0628. The maximum absolute atomic E-state index is 12.8. The summed E-state index contributed by atoms with van der Waals surface area (Å²) in [5.41, 5.74) is 1.36. The fraction of sp³-hybridized carbons (Fsp3) is 0.389. The molecule has 3 amide bonds. The van der Waals surface area contributed by atoms with Gasteiger partial charge in [0.05, 0.1) is 11.7 Å². The number of benzene rings is 1. The first-order valence-corrected chi connectivity index (χ1v) is 8.67. The Bertz CT molecular complexity index is 773. The first kappa shape index (κ1) is 15.7. The lowest BCUT2D eigenvalue weighted by atomic mass is 10.0. The van der Waals surface area contributed by atoms with Gasteiger partial charge in [-0.05, 0) is 31.0 Å². The van der Waals surface area contributed by atoms with Gasteiger partial charge in [-0.2, -0.15) is 5.10 Å². The van der Waals surface area contributed by atoms with Crippen molar-refractivity contribution in [2.24, 2.45) is 0 Å². The molecule has 7 heteroatoms. The number of hydrogen-bond donors (Lipinski definition) is 1. The van der Waals surface area contributed by atoms with Gasteiger partial charge in [-0.15, -0.1) is 0 Å². The third kappa shape index (κ3) is 3.09. The van der Waals surface area contributed by atoms with E-state index in [1.54, 1.807) is 16.9 Å². The van der Waals surface area contributed by atoms with Crippen LogP contribution in [-0.2, 0) is 0 Å². The van der Waals surface area contributed by atoms with E-state index in [1.807, 2.05) is 40.1 Å². The Balaban J connectivity index is 1.47. The van der Waals surface area contributed by atoms with Gasteiger partial charge < -0.3 is 15.1 Å². The van der Waals surface area contributed by atoms with Gasteiger partial charge in [0.15, 0.2) is 5.69 Å². The van der Waals surface area contributed by atoms with Crippen molar-refractivity contribution in [3.63, 3.8) is 0 Å². The molecule has 2 saturated heterocycles. The molecule has 1 aromatic carbocycles. The molecule has 1 aromatic heterocycles. The summed E-state index contributed by atoms with van der Waals surface area (Å²) in [5, 5.41) is 7.26. The SMILES string of the molecule is O=C(c1ccn(-c2ccccc2)n1)N1CCCC(N2CCNC2=O)C1. The molecule has 4 rings (SSSR count). The van der Waals surface area contributed by atoms with Gasteiger partial charge in [0, 0.05) is 32.4 Å². The third-order valence-corrected chi connectivity index (χ3v) is 4.84. The van der Waals surface area contributed by atoms with Gasteiger partial charge >= 0.3 is 6.03 Å². The molecule has 2 aromatic rings. The van der Waals surface area contributed by atoms with Gasteiger partial charge in [-0.3, -0.25) is 4.79 Å². The van der Waals surface area contributed by atoms with Gasteiger partial charge in [0.25, 0.3) is 5.91 Å². The molecular weight excluding hydrogens is 318 g/mol. The highest BCUT2D eigenvalue weighted by Gasteiger charge is 2.33. The van der Waals surface area contributed by atoms with Gasteiger partial charge in [0.1, 0.15) is 0 Å². The molecular formula is C18H21N5O2. The molecule has 7 nitrogen and oxygen atoms in total. The van der Waals surface area contributed by atoms with Gasteiger partial charge in [-0.25, -0.2) is 9.48 Å². The maximum Gasteiger partial charge on any atom is 0.317 e. The molecule has 0 bridgehead atoms. The fourth-order valence-electron chi connectivity index (χ4n) is 3.55. The molecule has 0 saturated carbocycles. The zero-order valence-electron chi connectivity index (χ0n) is 14.0. The van der Waals surface area contributed by atoms with Crippen LogP contribution in [0.3, 0.4) is 0 Å². The first-order chi connectivity index (χ1) is 12.2. The van der Waals surface area contributed by atoms with Crippen molar-refractivity contribution in [3.8, 4) is 5.69 Å². The minimum absolute atomic E-state index is 0.0207. The summed E-state index contributed by atoms with van der Waals surface area (Å²) in [6.07, 6.45) is 3.65. The zero-order valence-corrected chi connectivity index (χ0v) is 14.0. The highest BCUT2D eigenvalue weighted by molar-refractivity contribution is 5.92. The van der Waals surface area contributed by atoms with Crippen molar-refractivity contribution in [3.05, 3.63) is 48.3 Å². The number of hydrogen-bond acceptors (Lipinski definition) is 3. The van der Waals surface area contributed by atoms with Gasteiger partial charge in [-0.1, -0.05) is 18.2 Å². The Labute approximate surface area is 146 Å². The number of nitrogens with one attached hydrogen (secondary N) is 1. The summed E-state index contributed by atoms with van der Waals surface area (Å²) in [6, 6.07) is 11.5. The fourth-order valence-corrected chi connectivity index (χ4v) is 3.55. The number of urea groups is 1. The summed E-state index contributed by atoms with van der Waals surface area (Å²) >= 11 is 0. The van der Waals surface area contributed by atoms with Crippen LogP contribution in [0.15, 0.2) is 42.6 Å². The highest BCUT2D eigenvalue weighted by atomic mass is 16.2. The quantitative estimate of drug-likeness (QED) is 0.921. The second kappa shape index (κ2) is 6.58. The average Bonchev–Trinajstić information content (AvgIpc) is 3.31. The molecule has 0 radical (unpaired) electrons. The van der Waals surface area contributed by atoms with Crippen LogP contribution >= 0.6 is 0 Å². The number of amides is 3. The predicted octanol–water partition coefficient (Wildman–Crippen LogP) is 1.50. The highest BCUT2D eigenvalue weighted by Crippen LogP contribution is 2.19. The number of carbonyl (C=O) groups is 2. The van der Waals surface area contributed by atoms with E-state index in [-0.39, 0.29) is 18.0 Å². The average molecular weight is 339 g/mol. The van der Waals surface area contributed by atoms with E-state index < -0.39 is 0 Å². The Morgan fingerprint density at radius 1 is 1.16 bits per heavy atom. The molecule has 3 heterocycles. The topological polar surface area (TPSA) is 70.5 Å². The molecule has 0 spiro atoms. The van der Waals surface area contributed by atoms with Crippen LogP contribution in [0.2, 0.25) is 0 Å². The van der Waals surface area contributed by atoms with Crippen LogP contribution in [0.5, 0.6) is 0 Å². The van der Waals surface area contributed by atoms with E-state index in [2.05, 4.69) is 10.4 Å². The molecule has 2 aliphatic heterocycles. The van der Waals surface area contributed by atoms with E-state index in [0.717, 1.165) is 18.5 Å². The van der Waals surface area contributed by atoms with Crippen LogP contribution in [0.25, 0.3) is 5.69 Å². The molecule has 2 fully saturated rings. The largest absolute Gasteiger partial charge is 0.336 e. The smallest absolute Gasteiger partial charge is 0.317 e. The summed E-state index contributed by atoms with van der Waals surface area (Å²) < 4.78 is 1.71. The van der Waals surface area contributed by atoms with E-state index in [4.69, 9.17) is 0 Å².